The number of rotatable bonds is 4. The molecule has 0 radical (unpaired) electrons. The highest BCUT2D eigenvalue weighted by Gasteiger charge is 2.41. The highest BCUT2D eigenvalue weighted by Crippen LogP contribution is 2.45. The highest BCUT2D eigenvalue weighted by molar-refractivity contribution is 6.09. The maximum absolute atomic E-state index is 14.2. The van der Waals surface area contributed by atoms with Gasteiger partial charge in [0, 0.05) is 47.0 Å². The lowest BCUT2D eigenvalue weighted by Crippen LogP contribution is -2.37. The number of dihydropyridines is 1. The first-order chi connectivity index (χ1) is 16.0. The molecule has 2 aromatic heterocycles. The largest absolute Gasteiger partial charge is 0.469 e. The van der Waals surface area contributed by atoms with Crippen LogP contribution >= 0.6 is 0 Å². The van der Waals surface area contributed by atoms with Crippen molar-refractivity contribution in [2.45, 2.75) is 31.6 Å². The van der Waals surface area contributed by atoms with Gasteiger partial charge in [-0.2, -0.15) is 0 Å². The number of anilines is 1. The Labute approximate surface area is 190 Å². The first kappa shape index (κ1) is 20.9. The number of halogens is 1. The zero-order valence-electron chi connectivity index (χ0n) is 18.0. The number of Topliss-reactive ketones (excluding diaryl/α,β-unsaturated/α-hetero) is 1. The minimum Gasteiger partial charge on any atom is -0.469 e. The molecule has 0 saturated carbocycles. The van der Waals surface area contributed by atoms with E-state index in [1.165, 1.54) is 12.1 Å². The van der Waals surface area contributed by atoms with Gasteiger partial charge in [-0.3, -0.25) is 9.59 Å². The molecule has 0 bridgehead atoms. The first-order valence-electron chi connectivity index (χ1n) is 10.8. The van der Waals surface area contributed by atoms with E-state index in [9.17, 15) is 14.0 Å². The van der Waals surface area contributed by atoms with Crippen LogP contribution in [0, 0.1) is 5.82 Å². The van der Waals surface area contributed by atoms with Crippen LogP contribution in [0.1, 0.15) is 42.9 Å². The number of carbonyl (C=O) groups excluding carboxylic acids is 2. The zero-order chi connectivity index (χ0) is 22.9. The molecule has 6 nitrogen and oxygen atoms in total. The summed E-state index contributed by atoms with van der Waals surface area (Å²) in [5.74, 6) is -0.537. The monoisotopic (exact) mass is 443 g/mol. The Hall–Kier alpha value is -4.00. The van der Waals surface area contributed by atoms with Crippen LogP contribution in [0.2, 0.25) is 0 Å². The lowest BCUT2D eigenvalue weighted by atomic mass is 9.72. The summed E-state index contributed by atoms with van der Waals surface area (Å²) in [5, 5.41) is 6.10. The number of hydrogen-bond donors (Lipinski definition) is 2. The van der Waals surface area contributed by atoms with Crippen LogP contribution < -0.4 is 10.6 Å². The Morgan fingerprint density at radius 2 is 2.03 bits per heavy atom. The van der Waals surface area contributed by atoms with E-state index in [0.29, 0.717) is 34.6 Å². The maximum atomic E-state index is 14.2. The first-order valence-corrected chi connectivity index (χ1v) is 10.8. The van der Waals surface area contributed by atoms with Crippen molar-refractivity contribution in [1.82, 2.24) is 10.3 Å². The predicted octanol–water partition coefficient (Wildman–Crippen LogP) is 4.81. The molecule has 33 heavy (non-hydrogen) atoms. The van der Waals surface area contributed by atoms with E-state index in [1.807, 2.05) is 6.07 Å². The lowest BCUT2D eigenvalue weighted by molar-refractivity contribution is -0.116. The molecule has 0 fully saturated rings. The Bertz CT molecular complexity index is 1280. The van der Waals surface area contributed by atoms with Gasteiger partial charge in [0.1, 0.15) is 17.4 Å². The Kier molecular flexibility index (Phi) is 5.38. The van der Waals surface area contributed by atoms with Gasteiger partial charge in [-0.15, -0.1) is 0 Å². The van der Waals surface area contributed by atoms with Crippen LogP contribution in [-0.4, -0.2) is 16.7 Å². The number of nitrogens with one attached hydrogen (secondary N) is 2. The van der Waals surface area contributed by atoms with Crippen molar-refractivity contribution in [3.8, 4) is 0 Å². The van der Waals surface area contributed by atoms with Crippen LogP contribution in [0.4, 0.5) is 10.2 Å². The number of nitrogens with zero attached hydrogens (tertiary/aromatic N) is 1. The Balaban J connectivity index is 1.58. The number of amides is 1. The summed E-state index contributed by atoms with van der Waals surface area (Å²) in [7, 11) is 0. The standard InChI is InChI=1S/C26H22FN3O3/c1-15-23(26(32)30-22-9-2-3-10-28-22)24(16-6-4-7-18(27)12-16)25-19(29-15)13-17(14-20(25)31)21-8-5-11-33-21/h2-12,17,24,29H,13-14H2,1H3,(H,28,30,32)/t17-,24+/m0/s1. The highest BCUT2D eigenvalue weighted by atomic mass is 19.1. The van der Waals surface area contributed by atoms with Gasteiger partial charge in [-0.25, -0.2) is 9.37 Å². The molecule has 3 heterocycles. The van der Waals surface area contributed by atoms with Crippen molar-refractivity contribution in [2.75, 3.05) is 5.32 Å². The molecule has 5 rings (SSSR count). The van der Waals surface area contributed by atoms with Crippen LogP contribution in [-0.2, 0) is 9.59 Å². The van der Waals surface area contributed by atoms with E-state index in [0.717, 1.165) is 11.5 Å². The summed E-state index contributed by atoms with van der Waals surface area (Å²) in [6, 6.07) is 15.0. The van der Waals surface area contributed by atoms with Crippen molar-refractivity contribution < 1.29 is 18.4 Å². The summed E-state index contributed by atoms with van der Waals surface area (Å²) in [4.78, 5) is 31.0. The number of pyridine rings is 1. The normalized spacial score (nSPS) is 20.4. The van der Waals surface area contributed by atoms with Crippen LogP contribution in [0.5, 0.6) is 0 Å². The molecule has 0 unspecified atom stereocenters. The van der Waals surface area contributed by atoms with Crippen LogP contribution in [0.3, 0.4) is 0 Å². The number of carbonyl (C=O) groups is 2. The second kappa shape index (κ2) is 8.50. The third-order valence-electron chi connectivity index (χ3n) is 6.11. The van der Waals surface area contributed by atoms with Gasteiger partial charge in [-0.1, -0.05) is 18.2 Å². The number of aromatic nitrogens is 1. The van der Waals surface area contributed by atoms with Crippen LogP contribution in [0.25, 0.3) is 0 Å². The fraction of sp³-hybridized carbons (Fsp3) is 0.192. The zero-order valence-corrected chi connectivity index (χ0v) is 18.0. The molecule has 1 aliphatic carbocycles. The van der Waals surface area contributed by atoms with Gasteiger partial charge in [0.05, 0.1) is 6.26 Å². The summed E-state index contributed by atoms with van der Waals surface area (Å²) < 4.78 is 19.8. The Morgan fingerprint density at radius 1 is 1.15 bits per heavy atom. The summed E-state index contributed by atoms with van der Waals surface area (Å²) in [6.07, 6.45) is 4.00. The number of benzene rings is 1. The molecular weight excluding hydrogens is 421 g/mol. The molecule has 166 valence electrons. The van der Waals surface area contributed by atoms with Gasteiger partial charge >= 0.3 is 0 Å². The maximum Gasteiger partial charge on any atom is 0.255 e. The molecule has 7 heteroatoms. The lowest BCUT2D eigenvalue weighted by Gasteiger charge is -2.36. The third-order valence-corrected chi connectivity index (χ3v) is 6.11. The minimum absolute atomic E-state index is 0.0879. The fourth-order valence-corrected chi connectivity index (χ4v) is 4.70. The summed E-state index contributed by atoms with van der Waals surface area (Å²) >= 11 is 0. The SMILES string of the molecule is CC1=C(C(=O)Nc2ccccn2)[C@@H](c2cccc(F)c2)C2=C(C[C@H](c3ccco3)CC2=O)N1. The number of allylic oxidation sites excluding steroid dienone is 3. The molecule has 1 aromatic carbocycles. The topological polar surface area (TPSA) is 84.2 Å². The number of hydrogen-bond acceptors (Lipinski definition) is 5. The third kappa shape index (κ3) is 3.98. The average molecular weight is 443 g/mol. The second-order valence-corrected chi connectivity index (χ2v) is 8.26. The summed E-state index contributed by atoms with van der Waals surface area (Å²) in [6.45, 7) is 1.80. The van der Waals surface area contributed by atoms with E-state index in [2.05, 4.69) is 15.6 Å². The van der Waals surface area contributed by atoms with E-state index >= 15 is 0 Å². The average Bonchev–Trinajstić information content (AvgIpc) is 3.33. The molecule has 1 aliphatic heterocycles. The second-order valence-electron chi connectivity index (χ2n) is 8.26. The van der Waals surface area contributed by atoms with E-state index in [-0.39, 0.29) is 24.0 Å². The summed E-state index contributed by atoms with van der Waals surface area (Å²) in [5.41, 5.74) is 2.78. The quantitative estimate of drug-likeness (QED) is 0.604. The van der Waals surface area contributed by atoms with Crippen molar-refractivity contribution in [3.63, 3.8) is 0 Å². The van der Waals surface area contributed by atoms with Crippen molar-refractivity contribution in [1.29, 1.82) is 0 Å². The number of ketones is 1. The van der Waals surface area contributed by atoms with Gasteiger partial charge in [0.25, 0.3) is 5.91 Å². The molecule has 2 aliphatic rings. The molecule has 1 amide bonds. The van der Waals surface area contributed by atoms with E-state index in [1.54, 1.807) is 55.8 Å². The van der Waals surface area contributed by atoms with Gasteiger partial charge < -0.3 is 15.1 Å². The van der Waals surface area contributed by atoms with E-state index < -0.39 is 11.7 Å². The molecule has 3 aromatic rings. The molecular formula is C26H22FN3O3. The van der Waals surface area contributed by atoms with Gasteiger partial charge in [-0.05, 0) is 55.3 Å². The van der Waals surface area contributed by atoms with Crippen molar-refractivity contribution in [2.24, 2.45) is 0 Å². The molecule has 0 spiro atoms. The number of furan rings is 1. The van der Waals surface area contributed by atoms with Gasteiger partial charge in [0.2, 0.25) is 0 Å². The minimum atomic E-state index is -0.689. The van der Waals surface area contributed by atoms with Crippen molar-refractivity contribution >= 4 is 17.5 Å². The fourth-order valence-electron chi connectivity index (χ4n) is 4.70. The van der Waals surface area contributed by atoms with Gasteiger partial charge in [0.15, 0.2) is 5.78 Å². The van der Waals surface area contributed by atoms with E-state index in [4.69, 9.17) is 4.42 Å². The molecule has 0 saturated heterocycles. The Morgan fingerprint density at radius 3 is 2.76 bits per heavy atom. The molecule has 2 N–H and O–H groups in total. The van der Waals surface area contributed by atoms with Crippen molar-refractivity contribution in [3.05, 3.63) is 107 Å². The smallest absolute Gasteiger partial charge is 0.255 e. The van der Waals surface area contributed by atoms with Crippen LogP contribution in [0.15, 0.2) is 94.0 Å². The molecule has 2 atom stereocenters. The predicted molar refractivity (Wildman–Crippen MR) is 121 cm³/mol.